The van der Waals surface area contributed by atoms with E-state index in [4.69, 9.17) is 14.9 Å². The predicted octanol–water partition coefficient (Wildman–Crippen LogP) is -0.550. The van der Waals surface area contributed by atoms with Crippen molar-refractivity contribution in [2.24, 2.45) is 0 Å². The van der Waals surface area contributed by atoms with Crippen LogP contribution in [0.15, 0.2) is 0 Å². The zero-order valence-electron chi connectivity index (χ0n) is 19.2. The summed E-state index contributed by atoms with van der Waals surface area (Å²) in [5.41, 5.74) is 0. The van der Waals surface area contributed by atoms with E-state index >= 15 is 0 Å². The topological polar surface area (TPSA) is 146 Å². The largest absolute Gasteiger partial charge is 1.00 e. The summed E-state index contributed by atoms with van der Waals surface area (Å²) in [5, 5.41) is 27.2. The first-order chi connectivity index (χ1) is 14.3. The van der Waals surface area contributed by atoms with Crippen LogP contribution in [0.3, 0.4) is 0 Å². The second-order valence-electron chi connectivity index (χ2n) is 7.50. The van der Waals surface area contributed by atoms with Gasteiger partial charge in [-0.05, 0) is 6.42 Å². The molecule has 3 unspecified atom stereocenters. The van der Waals surface area contributed by atoms with E-state index in [-0.39, 0.29) is 42.6 Å². The second-order valence-corrected chi connectivity index (χ2v) is 8.91. The van der Waals surface area contributed by atoms with Crippen molar-refractivity contribution in [2.45, 2.75) is 96.2 Å². The number of aliphatic hydroxyl groups excluding tert-OH is 3. The zero-order valence-corrected chi connectivity index (χ0v) is 22.1. The Hall–Kier alpha value is 0.460. The van der Waals surface area contributed by atoms with Gasteiger partial charge < -0.3 is 34.0 Å². The monoisotopic (exact) mass is 478 g/mol. The normalized spacial score (nSPS) is 15.0. The molecular formula is C20H40NaO9P. The molecule has 0 aliphatic carbocycles. The van der Waals surface area contributed by atoms with Crippen LogP contribution in [0.25, 0.3) is 0 Å². The van der Waals surface area contributed by atoms with Crippen LogP contribution in [-0.4, -0.2) is 59.9 Å². The Morgan fingerprint density at radius 2 is 1.29 bits per heavy atom. The van der Waals surface area contributed by atoms with Crippen LogP contribution in [-0.2, 0) is 23.1 Å². The molecule has 0 saturated heterocycles. The number of phosphoric acid groups is 1. The van der Waals surface area contributed by atoms with Crippen molar-refractivity contribution in [1.82, 2.24) is 0 Å². The summed E-state index contributed by atoms with van der Waals surface area (Å²) >= 11 is 0. The van der Waals surface area contributed by atoms with E-state index in [9.17, 15) is 19.4 Å². The number of ether oxygens (including phenoxy) is 1. The molecule has 0 bridgehead atoms. The Morgan fingerprint density at radius 3 is 1.77 bits per heavy atom. The molecule has 180 valence electrons. The van der Waals surface area contributed by atoms with Crippen LogP contribution in [0, 0.1) is 0 Å². The van der Waals surface area contributed by atoms with Crippen molar-refractivity contribution in [2.75, 3.05) is 26.4 Å². The van der Waals surface area contributed by atoms with Crippen LogP contribution < -0.4 is 34.5 Å². The predicted molar refractivity (Wildman–Crippen MR) is 111 cm³/mol. The van der Waals surface area contributed by atoms with Crippen LogP contribution in [0.4, 0.5) is 0 Å². The van der Waals surface area contributed by atoms with Gasteiger partial charge >= 0.3 is 35.5 Å². The number of phosphoric ester groups is 1. The van der Waals surface area contributed by atoms with E-state index in [1.165, 1.54) is 51.4 Å². The minimum atomic E-state index is -4.72. The van der Waals surface area contributed by atoms with Gasteiger partial charge in [-0.2, -0.15) is 0 Å². The van der Waals surface area contributed by atoms with E-state index in [0.29, 0.717) is 0 Å². The van der Waals surface area contributed by atoms with Crippen molar-refractivity contribution in [1.29, 1.82) is 0 Å². The van der Waals surface area contributed by atoms with Gasteiger partial charge in [0.15, 0.2) is 0 Å². The number of hydrogen-bond donors (Lipinski definition) is 3. The van der Waals surface area contributed by atoms with Crippen LogP contribution >= 0.6 is 7.82 Å². The summed E-state index contributed by atoms with van der Waals surface area (Å²) < 4.78 is 25.1. The molecule has 0 fully saturated rings. The van der Waals surface area contributed by atoms with Crippen molar-refractivity contribution < 1.29 is 72.9 Å². The Labute approximate surface area is 208 Å². The molecule has 0 aliphatic rings. The SMILES string of the molecule is CCCCCCCCCCCCCC(=O)OCC(O)COP(=O)([O-])OCC(O)CO.[Na+]. The van der Waals surface area contributed by atoms with Crippen LogP contribution in [0.2, 0.25) is 0 Å². The minimum Gasteiger partial charge on any atom is -0.756 e. The van der Waals surface area contributed by atoms with Gasteiger partial charge in [-0.3, -0.25) is 9.36 Å². The van der Waals surface area contributed by atoms with Crippen molar-refractivity contribution in [3.63, 3.8) is 0 Å². The van der Waals surface area contributed by atoms with E-state index < -0.39 is 45.8 Å². The average molecular weight is 478 g/mol. The number of unbranched alkanes of at least 4 members (excludes halogenated alkanes) is 10. The summed E-state index contributed by atoms with van der Waals surface area (Å²) in [6, 6.07) is 0. The van der Waals surface area contributed by atoms with Gasteiger partial charge in [-0.1, -0.05) is 71.1 Å². The fourth-order valence-corrected chi connectivity index (χ4v) is 3.47. The van der Waals surface area contributed by atoms with E-state index in [1.807, 2.05) is 0 Å². The Kier molecular flexibility index (Phi) is 24.2. The first-order valence-corrected chi connectivity index (χ1v) is 12.5. The van der Waals surface area contributed by atoms with Gasteiger partial charge in [0.25, 0.3) is 7.82 Å². The van der Waals surface area contributed by atoms with Gasteiger partial charge in [0.2, 0.25) is 0 Å². The standard InChI is InChI=1S/C20H41O9P.Na/c1-2-3-4-5-6-7-8-9-10-11-12-13-20(24)27-15-19(23)17-29-30(25,26)28-16-18(22)14-21;/h18-19,21-23H,2-17H2,1H3,(H,25,26);/q;+1/p-1. The zero-order chi connectivity index (χ0) is 22.7. The van der Waals surface area contributed by atoms with Crippen LogP contribution in [0.5, 0.6) is 0 Å². The first-order valence-electron chi connectivity index (χ1n) is 11.0. The molecule has 31 heavy (non-hydrogen) atoms. The molecule has 0 radical (unpaired) electrons. The number of aliphatic hydroxyl groups is 3. The van der Waals surface area contributed by atoms with Crippen molar-refractivity contribution >= 4 is 13.8 Å². The number of rotatable bonds is 21. The van der Waals surface area contributed by atoms with E-state index in [1.54, 1.807) is 0 Å². The van der Waals surface area contributed by atoms with E-state index in [2.05, 4.69) is 16.0 Å². The fraction of sp³-hybridized carbons (Fsp3) is 0.950. The summed E-state index contributed by atoms with van der Waals surface area (Å²) in [4.78, 5) is 23.0. The molecule has 0 saturated carbocycles. The Bertz CT molecular complexity index is 468. The smallest absolute Gasteiger partial charge is 0.756 e. The molecule has 3 N–H and O–H groups in total. The third-order valence-electron chi connectivity index (χ3n) is 4.48. The first kappa shape index (κ1) is 33.6. The van der Waals surface area contributed by atoms with Crippen LogP contribution in [0.1, 0.15) is 84.0 Å². The number of esters is 1. The second kappa shape index (κ2) is 22.3. The third kappa shape index (κ3) is 23.4. The maximum atomic E-state index is 11.7. The molecule has 3 atom stereocenters. The third-order valence-corrected chi connectivity index (χ3v) is 5.41. The molecule has 0 aromatic carbocycles. The number of carbonyl (C=O) groups is 1. The minimum absolute atomic E-state index is 0. The quantitative estimate of drug-likeness (QED) is 0.0856. The summed E-state index contributed by atoms with van der Waals surface area (Å²) in [6.07, 6.45) is 10.6. The Morgan fingerprint density at radius 1 is 0.839 bits per heavy atom. The summed E-state index contributed by atoms with van der Waals surface area (Å²) in [7, 11) is -4.72. The molecule has 0 aliphatic heterocycles. The number of hydrogen-bond acceptors (Lipinski definition) is 9. The molecule has 0 amide bonds. The maximum absolute atomic E-state index is 11.7. The molecule has 0 heterocycles. The molecule has 0 aromatic heterocycles. The van der Waals surface area contributed by atoms with Gasteiger partial charge in [-0.15, -0.1) is 0 Å². The number of carbonyl (C=O) groups excluding carboxylic acids is 1. The molecule has 9 nitrogen and oxygen atoms in total. The van der Waals surface area contributed by atoms with Gasteiger partial charge in [0.05, 0.1) is 19.8 Å². The molecule has 11 heteroatoms. The van der Waals surface area contributed by atoms with Gasteiger partial charge in [-0.25, -0.2) is 0 Å². The molecule has 0 rings (SSSR count). The van der Waals surface area contributed by atoms with Crippen molar-refractivity contribution in [3.05, 3.63) is 0 Å². The van der Waals surface area contributed by atoms with Gasteiger partial charge in [0.1, 0.15) is 18.8 Å². The molecule has 0 spiro atoms. The van der Waals surface area contributed by atoms with Gasteiger partial charge in [0, 0.05) is 6.42 Å². The fourth-order valence-electron chi connectivity index (χ4n) is 2.69. The summed E-state index contributed by atoms with van der Waals surface area (Å²) in [5.74, 6) is -0.447. The summed E-state index contributed by atoms with van der Waals surface area (Å²) in [6.45, 7) is -0.108. The molecular weight excluding hydrogens is 438 g/mol. The van der Waals surface area contributed by atoms with Crippen molar-refractivity contribution in [3.8, 4) is 0 Å². The maximum Gasteiger partial charge on any atom is 1.00 e. The average Bonchev–Trinajstić information content (AvgIpc) is 2.73. The molecule has 0 aromatic rings. The Balaban J connectivity index is 0. The van der Waals surface area contributed by atoms with E-state index in [0.717, 1.165) is 19.3 Å².